The fraction of sp³-hybridized carbons (Fsp3) is 1.00. The highest BCUT2D eigenvalue weighted by Crippen LogP contribution is 2.21. The highest BCUT2D eigenvalue weighted by Gasteiger charge is 2.18. The van der Waals surface area contributed by atoms with Crippen molar-refractivity contribution in [3.63, 3.8) is 0 Å². The summed E-state index contributed by atoms with van der Waals surface area (Å²) in [5, 5.41) is 0. The van der Waals surface area contributed by atoms with Gasteiger partial charge < -0.3 is 5.73 Å². The zero-order chi connectivity index (χ0) is 8.81. The van der Waals surface area contributed by atoms with E-state index in [1.807, 2.05) is 0 Å². The summed E-state index contributed by atoms with van der Waals surface area (Å²) in [6, 6.07) is 0.795. The van der Waals surface area contributed by atoms with E-state index in [1.165, 1.54) is 45.1 Å². The molecule has 2 heteroatoms. The summed E-state index contributed by atoms with van der Waals surface area (Å²) in [7, 11) is 0. The molecule has 0 aliphatic heterocycles. The lowest BCUT2D eigenvalue weighted by Gasteiger charge is -2.32. The quantitative estimate of drug-likeness (QED) is 0.653. The molecule has 0 aromatic heterocycles. The molecule has 12 heavy (non-hydrogen) atoms. The van der Waals surface area contributed by atoms with Crippen LogP contribution in [0.1, 0.15) is 45.4 Å². The highest BCUT2D eigenvalue weighted by atomic mass is 15.2. The SMILES string of the molecule is CCCN(CN)C1CCCCC1. The topological polar surface area (TPSA) is 29.3 Å². The van der Waals surface area contributed by atoms with Gasteiger partial charge in [0, 0.05) is 12.7 Å². The minimum Gasteiger partial charge on any atom is -0.318 e. The molecule has 0 aromatic carbocycles. The van der Waals surface area contributed by atoms with Gasteiger partial charge in [0.25, 0.3) is 0 Å². The highest BCUT2D eigenvalue weighted by molar-refractivity contribution is 4.74. The molecule has 2 nitrogen and oxygen atoms in total. The van der Waals surface area contributed by atoms with Crippen LogP contribution in [0.3, 0.4) is 0 Å². The van der Waals surface area contributed by atoms with E-state index in [0.717, 1.165) is 12.7 Å². The summed E-state index contributed by atoms with van der Waals surface area (Å²) in [6.07, 6.45) is 8.22. The number of nitrogens with two attached hydrogens (primary N) is 1. The van der Waals surface area contributed by atoms with Gasteiger partial charge in [-0.2, -0.15) is 0 Å². The standard InChI is InChI=1S/C10H22N2/c1-2-8-12(9-11)10-6-4-3-5-7-10/h10H,2-9,11H2,1H3. The molecule has 0 saturated heterocycles. The fourth-order valence-corrected chi connectivity index (χ4v) is 2.16. The van der Waals surface area contributed by atoms with Crippen LogP contribution in [0.15, 0.2) is 0 Å². The summed E-state index contributed by atoms with van der Waals surface area (Å²) < 4.78 is 0. The number of nitrogens with zero attached hydrogens (tertiary/aromatic N) is 1. The summed E-state index contributed by atoms with van der Waals surface area (Å²) in [4.78, 5) is 2.44. The zero-order valence-corrected chi connectivity index (χ0v) is 8.26. The minimum absolute atomic E-state index is 0.749. The number of rotatable bonds is 4. The first kappa shape index (κ1) is 10.0. The predicted molar refractivity (Wildman–Crippen MR) is 52.9 cm³/mol. The Bertz CT molecular complexity index is 106. The molecule has 0 amide bonds. The van der Waals surface area contributed by atoms with Gasteiger partial charge in [0.05, 0.1) is 0 Å². The smallest absolute Gasteiger partial charge is 0.0457 e. The molecule has 0 unspecified atom stereocenters. The molecular formula is C10H22N2. The van der Waals surface area contributed by atoms with E-state index in [2.05, 4.69) is 11.8 Å². The molecule has 1 aliphatic carbocycles. The van der Waals surface area contributed by atoms with Crippen molar-refractivity contribution in [2.75, 3.05) is 13.2 Å². The Morgan fingerprint density at radius 1 is 1.25 bits per heavy atom. The van der Waals surface area contributed by atoms with E-state index >= 15 is 0 Å². The first-order valence-corrected chi connectivity index (χ1v) is 5.32. The fourth-order valence-electron chi connectivity index (χ4n) is 2.16. The molecule has 0 bridgehead atoms. The summed E-state index contributed by atoms with van der Waals surface area (Å²) in [6.45, 7) is 4.16. The van der Waals surface area contributed by atoms with Crippen molar-refractivity contribution in [3.05, 3.63) is 0 Å². The van der Waals surface area contributed by atoms with Crippen molar-refractivity contribution < 1.29 is 0 Å². The van der Waals surface area contributed by atoms with E-state index in [9.17, 15) is 0 Å². The maximum atomic E-state index is 5.72. The zero-order valence-electron chi connectivity index (χ0n) is 8.26. The Morgan fingerprint density at radius 3 is 2.42 bits per heavy atom. The van der Waals surface area contributed by atoms with Crippen molar-refractivity contribution in [3.8, 4) is 0 Å². The van der Waals surface area contributed by atoms with E-state index in [1.54, 1.807) is 0 Å². The van der Waals surface area contributed by atoms with Gasteiger partial charge in [0.2, 0.25) is 0 Å². The van der Waals surface area contributed by atoms with Crippen molar-refractivity contribution >= 4 is 0 Å². The van der Waals surface area contributed by atoms with Gasteiger partial charge in [0.15, 0.2) is 0 Å². The Morgan fingerprint density at radius 2 is 1.92 bits per heavy atom. The van der Waals surface area contributed by atoms with Crippen LogP contribution in [0, 0.1) is 0 Å². The van der Waals surface area contributed by atoms with Gasteiger partial charge in [-0.25, -0.2) is 0 Å². The van der Waals surface area contributed by atoms with Crippen LogP contribution in [0.2, 0.25) is 0 Å². The van der Waals surface area contributed by atoms with E-state index < -0.39 is 0 Å². The van der Waals surface area contributed by atoms with Crippen LogP contribution in [0.25, 0.3) is 0 Å². The lowest BCUT2D eigenvalue weighted by Crippen LogP contribution is -2.41. The van der Waals surface area contributed by atoms with Gasteiger partial charge >= 0.3 is 0 Å². The monoisotopic (exact) mass is 170 g/mol. The van der Waals surface area contributed by atoms with Gasteiger partial charge in [-0.05, 0) is 25.8 Å². The van der Waals surface area contributed by atoms with E-state index in [4.69, 9.17) is 5.73 Å². The normalized spacial score (nSPS) is 20.2. The summed E-state index contributed by atoms with van der Waals surface area (Å²) in [5.41, 5.74) is 5.72. The average Bonchev–Trinajstić information content (AvgIpc) is 2.15. The van der Waals surface area contributed by atoms with Crippen LogP contribution in [0.5, 0.6) is 0 Å². The lowest BCUT2D eigenvalue weighted by molar-refractivity contribution is 0.160. The van der Waals surface area contributed by atoms with Gasteiger partial charge in [-0.15, -0.1) is 0 Å². The van der Waals surface area contributed by atoms with E-state index in [0.29, 0.717) is 0 Å². The van der Waals surface area contributed by atoms with Crippen LogP contribution >= 0.6 is 0 Å². The predicted octanol–water partition coefficient (Wildman–Crippen LogP) is 1.95. The molecule has 0 atom stereocenters. The minimum atomic E-state index is 0.749. The second-order valence-electron chi connectivity index (χ2n) is 3.79. The Hall–Kier alpha value is -0.0800. The molecule has 72 valence electrons. The molecule has 0 heterocycles. The van der Waals surface area contributed by atoms with Crippen molar-refractivity contribution in [2.24, 2.45) is 5.73 Å². The molecule has 1 aliphatic rings. The van der Waals surface area contributed by atoms with Gasteiger partial charge in [-0.3, -0.25) is 4.90 Å². The third-order valence-corrected chi connectivity index (χ3v) is 2.84. The first-order chi connectivity index (χ1) is 5.88. The molecule has 1 saturated carbocycles. The van der Waals surface area contributed by atoms with Gasteiger partial charge in [-0.1, -0.05) is 26.2 Å². The Labute approximate surface area is 76.1 Å². The molecule has 0 spiro atoms. The van der Waals surface area contributed by atoms with Gasteiger partial charge in [0.1, 0.15) is 0 Å². The maximum absolute atomic E-state index is 5.72. The lowest BCUT2D eigenvalue weighted by atomic mass is 9.94. The number of hydrogen-bond acceptors (Lipinski definition) is 2. The van der Waals surface area contributed by atoms with Crippen molar-refractivity contribution in [1.82, 2.24) is 4.90 Å². The maximum Gasteiger partial charge on any atom is 0.0457 e. The van der Waals surface area contributed by atoms with Crippen molar-refractivity contribution in [1.29, 1.82) is 0 Å². The third kappa shape index (κ3) is 2.76. The van der Waals surface area contributed by atoms with E-state index in [-0.39, 0.29) is 0 Å². The molecule has 0 aromatic rings. The second-order valence-corrected chi connectivity index (χ2v) is 3.79. The summed E-state index contributed by atoms with van der Waals surface area (Å²) in [5.74, 6) is 0. The molecule has 1 rings (SSSR count). The molecule has 1 fully saturated rings. The van der Waals surface area contributed by atoms with Crippen LogP contribution < -0.4 is 5.73 Å². The largest absolute Gasteiger partial charge is 0.318 e. The number of hydrogen-bond donors (Lipinski definition) is 1. The molecule has 2 N–H and O–H groups in total. The van der Waals surface area contributed by atoms with Crippen LogP contribution in [0.4, 0.5) is 0 Å². The second kappa shape index (κ2) is 5.55. The average molecular weight is 170 g/mol. The van der Waals surface area contributed by atoms with Crippen molar-refractivity contribution in [2.45, 2.75) is 51.5 Å². The molecular weight excluding hydrogens is 148 g/mol. The third-order valence-electron chi connectivity index (χ3n) is 2.84. The Kier molecular flexibility index (Phi) is 4.62. The first-order valence-electron chi connectivity index (χ1n) is 5.32. The summed E-state index contributed by atoms with van der Waals surface area (Å²) >= 11 is 0. The van der Waals surface area contributed by atoms with Crippen LogP contribution in [-0.2, 0) is 0 Å². The molecule has 0 radical (unpaired) electrons. The van der Waals surface area contributed by atoms with Crippen LogP contribution in [-0.4, -0.2) is 24.2 Å². The Balaban J connectivity index is 2.29.